The molecule has 1 aromatic carbocycles. The lowest BCUT2D eigenvalue weighted by Gasteiger charge is -2.48. The van der Waals surface area contributed by atoms with E-state index in [0.29, 0.717) is 17.8 Å². The van der Waals surface area contributed by atoms with Gasteiger partial charge < -0.3 is 10.1 Å². The van der Waals surface area contributed by atoms with Crippen molar-refractivity contribution in [2.75, 3.05) is 25.0 Å². The van der Waals surface area contributed by atoms with Crippen LogP contribution >= 0.6 is 0 Å². The maximum atomic E-state index is 11.3. The van der Waals surface area contributed by atoms with Crippen LogP contribution in [0.1, 0.15) is 64.4 Å². The summed E-state index contributed by atoms with van der Waals surface area (Å²) in [7, 11) is 0. The van der Waals surface area contributed by atoms with E-state index in [1.54, 1.807) is 12.1 Å². The molecule has 3 rings (SSSR count). The summed E-state index contributed by atoms with van der Waals surface area (Å²) in [4.78, 5) is 13.7. The highest BCUT2D eigenvalue weighted by Crippen LogP contribution is 2.37. The number of benzene rings is 1. The Morgan fingerprint density at radius 3 is 2.54 bits per heavy atom. The Hall–Kier alpha value is -1.66. The lowest BCUT2D eigenvalue weighted by molar-refractivity contribution is -0.384. The van der Waals surface area contributed by atoms with Crippen molar-refractivity contribution >= 4 is 11.4 Å². The van der Waals surface area contributed by atoms with Crippen LogP contribution in [0.5, 0.6) is 0 Å². The number of hydrogen-bond acceptors (Lipinski definition) is 5. The van der Waals surface area contributed by atoms with Crippen LogP contribution in [-0.4, -0.2) is 47.2 Å². The van der Waals surface area contributed by atoms with Gasteiger partial charge >= 0.3 is 0 Å². The minimum Gasteiger partial charge on any atom is -0.378 e. The lowest BCUT2D eigenvalue weighted by Crippen LogP contribution is -2.53. The van der Waals surface area contributed by atoms with Gasteiger partial charge in [0.15, 0.2) is 0 Å². The van der Waals surface area contributed by atoms with Crippen LogP contribution in [0.2, 0.25) is 0 Å². The minimum absolute atomic E-state index is 0.172. The van der Waals surface area contributed by atoms with Crippen molar-refractivity contribution < 1.29 is 9.66 Å². The second-order valence-corrected chi connectivity index (χ2v) is 8.75. The van der Waals surface area contributed by atoms with Crippen LogP contribution < -0.4 is 5.32 Å². The maximum Gasteiger partial charge on any atom is 0.292 e. The van der Waals surface area contributed by atoms with Crippen LogP contribution in [0.15, 0.2) is 18.2 Å². The molecule has 1 aliphatic heterocycles. The Bertz CT molecular complexity index is 663. The summed E-state index contributed by atoms with van der Waals surface area (Å²) in [5, 5.41) is 14.8. The molecular formula is C22H35N3O3. The summed E-state index contributed by atoms with van der Waals surface area (Å²) in [6, 6.07) is 5.59. The summed E-state index contributed by atoms with van der Waals surface area (Å²) in [5.41, 5.74) is 2.14. The number of aryl methyl sites for hydroxylation is 1. The summed E-state index contributed by atoms with van der Waals surface area (Å²) >= 11 is 0. The molecule has 28 heavy (non-hydrogen) atoms. The van der Waals surface area contributed by atoms with Gasteiger partial charge in [-0.05, 0) is 70.4 Å². The number of piperidine rings is 1. The minimum atomic E-state index is -0.295. The Morgan fingerprint density at radius 1 is 1.25 bits per heavy atom. The summed E-state index contributed by atoms with van der Waals surface area (Å²) in [6.07, 6.45) is 8.29. The highest BCUT2D eigenvalue weighted by Gasteiger charge is 2.38. The molecule has 0 amide bonds. The molecule has 0 bridgehead atoms. The summed E-state index contributed by atoms with van der Waals surface area (Å²) < 4.78 is 5.95. The quantitative estimate of drug-likeness (QED) is 0.530. The van der Waals surface area contributed by atoms with Crippen LogP contribution in [0.25, 0.3) is 0 Å². The van der Waals surface area contributed by atoms with Crippen molar-refractivity contribution in [2.24, 2.45) is 0 Å². The largest absolute Gasteiger partial charge is 0.378 e. The zero-order valence-electron chi connectivity index (χ0n) is 17.6. The molecule has 1 N–H and O–H groups in total. The van der Waals surface area contributed by atoms with Crippen molar-refractivity contribution in [1.82, 2.24) is 4.90 Å². The van der Waals surface area contributed by atoms with E-state index in [1.807, 2.05) is 13.0 Å². The monoisotopic (exact) mass is 389 g/mol. The molecule has 6 nitrogen and oxygen atoms in total. The van der Waals surface area contributed by atoms with E-state index in [0.717, 1.165) is 57.4 Å². The summed E-state index contributed by atoms with van der Waals surface area (Å²) in [6.45, 7) is 9.52. The van der Waals surface area contributed by atoms with Gasteiger partial charge in [0.1, 0.15) is 5.69 Å². The molecule has 1 heterocycles. The molecule has 0 unspecified atom stereocenters. The molecule has 2 fully saturated rings. The molecule has 1 saturated carbocycles. The van der Waals surface area contributed by atoms with Gasteiger partial charge in [-0.25, -0.2) is 0 Å². The fourth-order valence-corrected chi connectivity index (χ4v) is 4.69. The van der Waals surface area contributed by atoms with E-state index in [4.69, 9.17) is 4.74 Å². The first-order chi connectivity index (χ1) is 13.4. The second-order valence-electron chi connectivity index (χ2n) is 8.75. The SMILES string of the molecule is CCCOC1CCC(C)(N2CCC(Nc3cc(C)ccc3[N+](=O)[O-])CC2)CC1. The van der Waals surface area contributed by atoms with Crippen molar-refractivity contribution in [3.63, 3.8) is 0 Å². The third-order valence-corrected chi connectivity index (χ3v) is 6.53. The summed E-state index contributed by atoms with van der Waals surface area (Å²) in [5.74, 6) is 0. The second kappa shape index (κ2) is 9.23. The molecule has 6 heteroatoms. The van der Waals surface area contributed by atoms with Crippen molar-refractivity contribution in [1.29, 1.82) is 0 Å². The van der Waals surface area contributed by atoms with Crippen molar-refractivity contribution in [3.8, 4) is 0 Å². The molecule has 0 spiro atoms. The topological polar surface area (TPSA) is 67.6 Å². The van der Waals surface area contributed by atoms with E-state index < -0.39 is 0 Å². The molecule has 156 valence electrons. The number of nitro groups is 1. The number of ether oxygens (including phenoxy) is 1. The van der Waals surface area contributed by atoms with Gasteiger partial charge in [-0.15, -0.1) is 0 Å². The predicted octanol–water partition coefficient (Wildman–Crippen LogP) is 4.91. The Morgan fingerprint density at radius 2 is 1.93 bits per heavy atom. The Balaban J connectivity index is 1.53. The van der Waals surface area contributed by atoms with Crippen LogP contribution in [0.4, 0.5) is 11.4 Å². The third kappa shape index (κ3) is 5.03. The number of rotatable bonds is 7. The van der Waals surface area contributed by atoms with Gasteiger partial charge in [0.05, 0.1) is 11.0 Å². The average Bonchev–Trinajstić information content (AvgIpc) is 2.68. The number of nitro benzene ring substituents is 1. The first-order valence-electron chi connectivity index (χ1n) is 10.8. The van der Waals surface area contributed by atoms with Gasteiger partial charge in [-0.1, -0.05) is 13.0 Å². The van der Waals surface area contributed by atoms with Crippen molar-refractivity contribution in [3.05, 3.63) is 33.9 Å². The van der Waals surface area contributed by atoms with Crippen LogP contribution in [-0.2, 0) is 4.74 Å². The van der Waals surface area contributed by atoms with Crippen LogP contribution in [0, 0.1) is 17.0 Å². The predicted molar refractivity (Wildman–Crippen MR) is 113 cm³/mol. The van der Waals surface area contributed by atoms with Gasteiger partial charge in [-0.3, -0.25) is 15.0 Å². The number of anilines is 1. The molecule has 1 aromatic rings. The number of nitrogens with zero attached hydrogens (tertiary/aromatic N) is 2. The highest BCUT2D eigenvalue weighted by molar-refractivity contribution is 5.63. The normalized spacial score (nSPS) is 26.9. The van der Waals surface area contributed by atoms with E-state index in [9.17, 15) is 10.1 Å². The maximum absolute atomic E-state index is 11.3. The molecule has 0 radical (unpaired) electrons. The Kier molecular flexibility index (Phi) is 6.94. The van der Waals surface area contributed by atoms with Crippen LogP contribution in [0.3, 0.4) is 0 Å². The van der Waals surface area contributed by atoms with E-state index in [1.165, 1.54) is 12.8 Å². The van der Waals surface area contributed by atoms with E-state index in [-0.39, 0.29) is 16.1 Å². The zero-order valence-corrected chi connectivity index (χ0v) is 17.6. The molecule has 1 saturated heterocycles. The number of hydrogen-bond donors (Lipinski definition) is 1. The van der Waals surface area contributed by atoms with E-state index in [2.05, 4.69) is 24.1 Å². The van der Waals surface area contributed by atoms with Gasteiger partial charge in [0, 0.05) is 37.3 Å². The average molecular weight is 390 g/mol. The molecule has 2 aliphatic rings. The first-order valence-corrected chi connectivity index (χ1v) is 10.8. The lowest BCUT2D eigenvalue weighted by atomic mass is 9.79. The standard InChI is InChI=1S/C22H35N3O3/c1-4-15-28-19-7-11-22(3,12-8-19)24-13-9-18(10-14-24)23-20-16-17(2)5-6-21(20)25(26)27/h5-6,16,18-19,23H,4,7-15H2,1-3H3. The smallest absolute Gasteiger partial charge is 0.292 e. The zero-order chi connectivity index (χ0) is 20.1. The van der Waals surface area contributed by atoms with E-state index >= 15 is 0 Å². The van der Waals surface area contributed by atoms with Gasteiger partial charge in [-0.2, -0.15) is 0 Å². The number of nitrogens with one attached hydrogen (secondary N) is 1. The highest BCUT2D eigenvalue weighted by atomic mass is 16.6. The molecular weight excluding hydrogens is 354 g/mol. The molecule has 0 atom stereocenters. The van der Waals surface area contributed by atoms with Gasteiger partial charge in [0.25, 0.3) is 5.69 Å². The fourth-order valence-electron chi connectivity index (χ4n) is 4.69. The Labute approximate surface area is 168 Å². The molecule has 1 aliphatic carbocycles. The number of likely N-dealkylation sites (tertiary alicyclic amines) is 1. The first kappa shape index (κ1) is 21.1. The third-order valence-electron chi connectivity index (χ3n) is 6.53. The van der Waals surface area contributed by atoms with Gasteiger partial charge in [0.2, 0.25) is 0 Å². The van der Waals surface area contributed by atoms with Crippen molar-refractivity contribution in [2.45, 2.75) is 83.4 Å². The molecule has 0 aromatic heterocycles. The fraction of sp³-hybridized carbons (Fsp3) is 0.727.